The maximum Gasteiger partial charge on any atom is 0.259 e. The van der Waals surface area contributed by atoms with Gasteiger partial charge in [-0.2, -0.15) is 0 Å². The lowest BCUT2D eigenvalue weighted by Crippen LogP contribution is -2.28. The summed E-state index contributed by atoms with van der Waals surface area (Å²) >= 11 is 12.2. The molecule has 33 heavy (non-hydrogen) atoms. The second kappa shape index (κ2) is 9.73. The zero-order valence-electron chi connectivity index (χ0n) is 18.5. The number of halogens is 2. The molecule has 0 fully saturated rings. The Bertz CT molecular complexity index is 1280. The summed E-state index contributed by atoms with van der Waals surface area (Å²) < 4.78 is 13.1. The molecule has 2 aromatic heterocycles. The van der Waals surface area contributed by atoms with E-state index in [9.17, 15) is 4.79 Å². The van der Waals surface area contributed by atoms with Crippen LogP contribution in [0.5, 0.6) is 11.5 Å². The van der Waals surface area contributed by atoms with Crippen molar-refractivity contribution in [3.05, 3.63) is 87.7 Å². The fourth-order valence-electron chi connectivity index (χ4n) is 3.66. The third kappa shape index (κ3) is 4.77. The first-order valence-electron chi connectivity index (χ1n) is 10.4. The number of pyridine rings is 1. The molecule has 0 atom stereocenters. The number of hydrogen-bond donors (Lipinski definition) is 0. The van der Waals surface area contributed by atoms with Crippen molar-refractivity contribution in [3.8, 4) is 11.5 Å². The highest BCUT2D eigenvalue weighted by Crippen LogP contribution is 2.30. The van der Waals surface area contributed by atoms with Gasteiger partial charge in [-0.15, -0.1) is 0 Å². The van der Waals surface area contributed by atoms with Gasteiger partial charge >= 0.3 is 0 Å². The Balaban J connectivity index is 1.66. The van der Waals surface area contributed by atoms with Crippen LogP contribution in [0.4, 0.5) is 5.82 Å². The third-order valence-corrected chi connectivity index (χ3v) is 5.71. The van der Waals surface area contributed by atoms with Gasteiger partial charge in [0.15, 0.2) is 11.4 Å². The number of aromatic nitrogens is 2. The Morgan fingerprint density at radius 3 is 2.42 bits per heavy atom. The van der Waals surface area contributed by atoms with E-state index in [1.54, 1.807) is 49.4 Å². The predicted octanol–water partition coefficient (Wildman–Crippen LogP) is 6.07. The molecule has 0 aliphatic carbocycles. The second-order valence-corrected chi connectivity index (χ2v) is 8.33. The van der Waals surface area contributed by atoms with E-state index in [1.165, 1.54) is 0 Å². The van der Waals surface area contributed by atoms with Gasteiger partial charge < -0.3 is 9.47 Å². The van der Waals surface area contributed by atoms with Gasteiger partial charge in [-0.05, 0) is 66.6 Å². The Labute approximate surface area is 202 Å². The first kappa shape index (κ1) is 23.0. The molecular weight excluding hydrogens is 461 g/mol. The Morgan fingerprint density at radius 2 is 1.79 bits per heavy atom. The van der Waals surface area contributed by atoms with Crippen LogP contribution in [-0.4, -0.2) is 29.4 Å². The van der Waals surface area contributed by atoms with E-state index in [4.69, 9.17) is 37.7 Å². The molecule has 0 aliphatic heterocycles. The van der Waals surface area contributed by atoms with Crippen molar-refractivity contribution >= 4 is 40.6 Å². The Hall–Kier alpha value is -3.22. The van der Waals surface area contributed by atoms with Crippen molar-refractivity contribution < 1.29 is 14.3 Å². The van der Waals surface area contributed by atoms with Gasteiger partial charge in [-0.1, -0.05) is 30.1 Å². The van der Waals surface area contributed by atoms with E-state index in [0.29, 0.717) is 45.0 Å². The highest BCUT2D eigenvalue weighted by molar-refractivity contribution is 6.34. The summed E-state index contributed by atoms with van der Waals surface area (Å²) in [5, 5.41) is 1.10. The maximum absolute atomic E-state index is 13.2. The second-order valence-electron chi connectivity index (χ2n) is 7.46. The van der Waals surface area contributed by atoms with Crippen LogP contribution in [0, 0.1) is 0 Å². The molecular formula is C25H23Cl2N3O3. The number of aryl methyl sites for hydroxylation is 1. The van der Waals surface area contributed by atoms with E-state index in [2.05, 4.69) is 0 Å². The summed E-state index contributed by atoms with van der Waals surface area (Å²) in [6.07, 6.45) is 2.53. The smallest absolute Gasteiger partial charge is 0.259 e. The van der Waals surface area contributed by atoms with Crippen molar-refractivity contribution in [2.45, 2.75) is 20.0 Å². The van der Waals surface area contributed by atoms with Gasteiger partial charge in [0, 0.05) is 28.9 Å². The lowest BCUT2D eigenvalue weighted by atomic mass is 10.2. The fraction of sp³-hybridized carbons (Fsp3) is 0.200. The molecule has 0 N–H and O–H groups in total. The van der Waals surface area contributed by atoms with E-state index in [-0.39, 0.29) is 12.5 Å². The fourth-order valence-corrected chi connectivity index (χ4v) is 4.23. The topological polar surface area (TPSA) is 56.1 Å². The molecule has 0 radical (unpaired) electrons. The first-order valence-corrected chi connectivity index (χ1v) is 11.2. The molecule has 0 spiro atoms. The van der Waals surface area contributed by atoms with Crippen LogP contribution >= 0.6 is 23.2 Å². The van der Waals surface area contributed by atoms with Crippen LogP contribution in [0.2, 0.25) is 10.0 Å². The van der Waals surface area contributed by atoms with Crippen LogP contribution in [0.25, 0.3) is 5.65 Å². The third-order valence-electron chi connectivity index (χ3n) is 5.27. The largest absolute Gasteiger partial charge is 0.497 e. The molecule has 170 valence electrons. The lowest BCUT2D eigenvalue weighted by molar-refractivity contribution is 0.0992. The van der Waals surface area contributed by atoms with E-state index >= 15 is 0 Å². The van der Waals surface area contributed by atoms with Crippen LogP contribution in [0.1, 0.15) is 28.5 Å². The zero-order chi connectivity index (χ0) is 23.5. The first-order chi connectivity index (χ1) is 15.9. The standard InChI is InChI=1S/C25H23Cl2N3O3/c1-4-21-24(29(2)25(31)17-7-9-20(32-3)10-8-17)30-11-5-6-22(23(30)28-21)33-15-16-12-18(26)14-19(27)13-16/h5-14H,4,15H2,1-3H3. The normalized spacial score (nSPS) is 10.9. The monoisotopic (exact) mass is 483 g/mol. The van der Waals surface area contributed by atoms with Gasteiger partial charge in [0.1, 0.15) is 18.2 Å². The van der Waals surface area contributed by atoms with Gasteiger partial charge in [-0.25, -0.2) is 4.98 Å². The van der Waals surface area contributed by atoms with Crippen LogP contribution in [0.15, 0.2) is 60.8 Å². The number of fused-ring (bicyclic) bond motifs is 1. The maximum atomic E-state index is 13.2. The number of benzene rings is 2. The molecule has 2 aromatic carbocycles. The van der Waals surface area contributed by atoms with Gasteiger partial charge in [0.2, 0.25) is 0 Å². The lowest BCUT2D eigenvalue weighted by Gasteiger charge is -2.18. The summed E-state index contributed by atoms with van der Waals surface area (Å²) in [7, 11) is 3.34. The van der Waals surface area contributed by atoms with Crippen molar-refractivity contribution in [1.29, 1.82) is 0 Å². The molecule has 0 saturated carbocycles. The number of rotatable bonds is 7. The molecule has 6 nitrogen and oxygen atoms in total. The highest BCUT2D eigenvalue weighted by atomic mass is 35.5. The number of imidazole rings is 1. The summed E-state index contributed by atoms with van der Waals surface area (Å²) in [6, 6.07) is 16.0. The number of carbonyl (C=O) groups excluding carboxylic acids is 1. The summed E-state index contributed by atoms with van der Waals surface area (Å²) in [6.45, 7) is 2.29. The number of nitrogens with zero attached hydrogens (tertiary/aromatic N) is 3. The molecule has 1 amide bonds. The van der Waals surface area contributed by atoms with Gasteiger partial charge in [-0.3, -0.25) is 14.1 Å². The predicted molar refractivity (Wildman–Crippen MR) is 131 cm³/mol. The summed E-state index contributed by atoms with van der Waals surface area (Å²) in [4.78, 5) is 19.6. The minimum Gasteiger partial charge on any atom is -0.497 e. The van der Waals surface area contributed by atoms with Crippen molar-refractivity contribution in [3.63, 3.8) is 0 Å². The minimum atomic E-state index is -0.144. The molecule has 4 aromatic rings. The molecule has 8 heteroatoms. The van der Waals surface area contributed by atoms with E-state index in [0.717, 1.165) is 11.3 Å². The minimum absolute atomic E-state index is 0.144. The van der Waals surface area contributed by atoms with Gasteiger partial charge in [0.25, 0.3) is 5.91 Å². The van der Waals surface area contributed by atoms with Crippen molar-refractivity contribution in [2.75, 3.05) is 19.1 Å². The van der Waals surface area contributed by atoms with Crippen LogP contribution < -0.4 is 14.4 Å². The highest BCUT2D eigenvalue weighted by Gasteiger charge is 2.22. The molecule has 0 saturated heterocycles. The van der Waals surface area contributed by atoms with Gasteiger partial charge in [0.05, 0.1) is 12.8 Å². The number of hydrogen-bond acceptors (Lipinski definition) is 4. The molecule has 0 unspecified atom stereocenters. The average Bonchev–Trinajstić information content (AvgIpc) is 3.20. The van der Waals surface area contributed by atoms with E-state index < -0.39 is 0 Å². The zero-order valence-corrected chi connectivity index (χ0v) is 20.0. The number of ether oxygens (including phenoxy) is 2. The van der Waals surface area contributed by atoms with Crippen LogP contribution in [-0.2, 0) is 13.0 Å². The number of anilines is 1. The quantitative estimate of drug-likeness (QED) is 0.320. The Morgan fingerprint density at radius 1 is 1.09 bits per heavy atom. The molecule has 4 rings (SSSR count). The molecule has 0 aliphatic rings. The number of methoxy groups -OCH3 is 1. The number of carbonyl (C=O) groups is 1. The van der Waals surface area contributed by atoms with Crippen molar-refractivity contribution in [1.82, 2.24) is 9.38 Å². The average molecular weight is 484 g/mol. The van der Waals surface area contributed by atoms with Crippen LogP contribution in [0.3, 0.4) is 0 Å². The summed E-state index contributed by atoms with van der Waals surface area (Å²) in [5.41, 5.74) is 2.83. The van der Waals surface area contributed by atoms with Crippen molar-refractivity contribution in [2.24, 2.45) is 0 Å². The number of amides is 1. The van der Waals surface area contributed by atoms with E-state index in [1.807, 2.05) is 41.8 Å². The molecule has 2 heterocycles. The molecule has 0 bridgehead atoms. The SMILES string of the molecule is CCc1nc2c(OCc3cc(Cl)cc(Cl)c3)cccn2c1N(C)C(=O)c1ccc(OC)cc1. The Kier molecular flexibility index (Phi) is 6.77. The summed E-state index contributed by atoms with van der Waals surface area (Å²) in [5.74, 6) is 1.85.